The number of ether oxygens (including phenoxy) is 3. The van der Waals surface area contributed by atoms with E-state index in [4.69, 9.17) is 23.3 Å². The Morgan fingerprint density at radius 1 is 0.426 bits per heavy atom. The molecule has 0 bridgehead atoms. The van der Waals surface area contributed by atoms with E-state index in [-0.39, 0.29) is 25.9 Å². The summed E-state index contributed by atoms with van der Waals surface area (Å²) in [4.78, 5) is 48.3. The fourth-order valence-corrected chi connectivity index (χ4v) is 7.74. The molecular weight excluding hydrogens is 880 g/mol. The Morgan fingerprint density at radius 2 is 0.765 bits per heavy atom. The van der Waals surface area contributed by atoms with Gasteiger partial charge in [0, 0.05) is 19.3 Å². The van der Waals surface area contributed by atoms with Crippen LogP contribution in [0.25, 0.3) is 0 Å². The van der Waals surface area contributed by atoms with Gasteiger partial charge in [-0.1, -0.05) is 184 Å². The molecule has 3 atom stereocenters. The predicted molar refractivity (Wildman–Crippen MR) is 279 cm³/mol. The van der Waals surface area contributed by atoms with Crippen molar-refractivity contribution in [3.8, 4) is 0 Å². The highest BCUT2D eigenvalue weighted by molar-refractivity contribution is 7.47. The average Bonchev–Trinajstić information content (AvgIpc) is 3.32. The summed E-state index contributed by atoms with van der Waals surface area (Å²) >= 11 is 0. The molecule has 3 unspecified atom stereocenters. The van der Waals surface area contributed by atoms with Crippen molar-refractivity contribution >= 4 is 25.7 Å². The van der Waals surface area contributed by atoms with Crippen molar-refractivity contribution in [2.24, 2.45) is 0 Å². The zero-order valence-corrected chi connectivity index (χ0v) is 43.9. The number of allylic oxidation sites excluding steroid dienone is 12. The number of aliphatic hydroxyl groups is 1. The van der Waals surface area contributed by atoms with E-state index in [0.717, 1.165) is 141 Å². The fraction of sp³-hybridized carbons (Fsp3) is 0.732. The predicted octanol–water partition coefficient (Wildman–Crippen LogP) is 15.4. The van der Waals surface area contributed by atoms with Gasteiger partial charge >= 0.3 is 25.7 Å². The molecule has 11 nitrogen and oxygen atoms in total. The van der Waals surface area contributed by atoms with Crippen LogP contribution in [0.1, 0.15) is 226 Å². The molecule has 0 spiro atoms. The van der Waals surface area contributed by atoms with Crippen molar-refractivity contribution < 1.29 is 52.2 Å². The third kappa shape index (κ3) is 48.0. The van der Waals surface area contributed by atoms with Gasteiger partial charge in [-0.2, -0.15) is 0 Å². The summed E-state index contributed by atoms with van der Waals surface area (Å²) < 4.78 is 39.3. The molecule has 68 heavy (non-hydrogen) atoms. The van der Waals surface area contributed by atoms with Crippen molar-refractivity contribution in [3.05, 3.63) is 72.9 Å². The van der Waals surface area contributed by atoms with Crippen LogP contribution in [-0.4, -0.2) is 66.5 Å². The maximum absolute atomic E-state index is 12.8. The lowest BCUT2D eigenvalue weighted by Crippen LogP contribution is -2.30. The number of hydrogen-bond donors (Lipinski definition) is 2. The number of carbonyl (C=O) groups excluding carboxylic acids is 3. The van der Waals surface area contributed by atoms with Gasteiger partial charge in [0.15, 0.2) is 6.10 Å². The first kappa shape index (κ1) is 64.9. The molecule has 0 aliphatic heterocycles. The Morgan fingerprint density at radius 3 is 1.19 bits per heavy atom. The van der Waals surface area contributed by atoms with Gasteiger partial charge in [-0.15, -0.1) is 0 Å². The van der Waals surface area contributed by atoms with E-state index in [1.54, 1.807) is 0 Å². The number of carbonyl (C=O) groups is 3. The summed E-state index contributed by atoms with van der Waals surface area (Å²) in [6, 6.07) is 0. The Bertz CT molecular complexity index is 1420. The van der Waals surface area contributed by atoms with Crippen molar-refractivity contribution in [2.75, 3.05) is 26.4 Å². The summed E-state index contributed by atoms with van der Waals surface area (Å²) in [5, 5.41) is 9.76. The maximum atomic E-state index is 12.8. The van der Waals surface area contributed by atoms with Crippen molar-refractivity contribution in [1.29, 1.82) is 0 Å². The summed E-state index contributed by atoms with van der Waals surface area (Å²) in [5.74, 6) is -1.50. The van der Waals surface area contributed by atoms with Crippen LogP contribution in [0.2, 0.25) is 0 Å². The van der Waals surface area contributed by atoms with Gasteiger partial charge in [0.05, 0.1) is 19.8 Å². The molecule has 0 saturated heterocycles. The molecule has 0 aliphatic carbocycles. The molecule has 0 aromatic heterocycles. The number of aliphatic hydroxyl groups excluding tert-OH is 1. The smallest absolute Gasteiger partial charge is 0.462 e. The van der Waals surface area contributed by atoms with Crippen LogP contribution < -0.4 is 0 Å². The lowest BCUT2D eigenvalue weighted by molar-refractivity contribution is -0.161. The third-order valence-corrected chi connectivity index (χ3v) is 12.0. The van der Waals surface area contributed by atoms with E-state index >= 15 is 0 Å². The number of unbranched alkanes of at least 4 members (excludes halogenated alkanes) is 20. The van der Waals surface area contributed by atoms with E-state index in [1.165, 1.54) is 25.7 Å². The van der Waals surface area contributed by atoms with E-state index in [0.29, 0.717) is 19.3 Å². The lowest BCUT2D eigenvalue weighted by atomic mass is 10.1. The highest BCUT2D eigenvalue weighted by atomic mass is 31.2. The number of phosphoric ester groups is 1. The minimum Gasteiger partial charge on any atom is -0.462 e. The van der Waals surface area contributed by atoms with Gasteiger partial charge in [-0.25, -0.2) is 4.57 Å². The first-order valence-corrected chi connectivity index (χ1v) is 28.3. The minimum absolute atomic E-state index is 0.151. The molecule has 0 amide bonds. The Labute approximate surface area is 414 Å². The standard InChI is InChI=1S/C56H97O11P/c1-4-7-10-13-16-19-22-23-24-25-26-27-28-29-32-33-36-39-42-45-54(58)63-49-53(67-56(60)47-44-41-38-35-31-21-18-15-12-9-6-3)51-65-68(61,62)64-50-52(48-57)66-55(59)46-43-40-37-34-30-20-17-14-11-8-5-2/h7,10,14-19,23-24,26-27,52-53,57H,4-6,8-9,11-13,20-22,25,28-51H2,1-3H3,(H,61,62)/b10-7-,17-14-,18-15-,19-16-,24-23-,27-26-. The van der Waals surface area contributed by atoms with Crippen LogP contribution in [-0.2, 0) is 42.2 Å². The molecule has 0 aromatic carbocycles. The molecule has 0 radical (unpaired) electrons. The second-order valence-corrected chi connectivity index (χ2v) is 19.1. The second kappa shape index (κ2) is 50.3. The first-order chi connectivity index (χ1) is 33.2. The van der Waals surface area contributed by atoms with Crippen LogP contribution in [0, 0.1) is 0 Å². The van der Waals surface area contributed by atoms with Gasteiger partial charge in [0.2, 0.25) is 0 Å². The largest absolute Gasteiger partial charge is 0.472 e. The molecule has 2 N–H and O–H groups in total. The van der Waals surface area contributed by atoms with Crippen molar-refractivity contribution in [1.82, 2.24) is 0 Å². The molecule has 392 valence electrons. The topological polar surface area (TPSA) is 155 Å². The van der Waals surface area contributed by atoms with Crippen LogP contribution in [0.15, 0.2) is 72.9 Å². The third-order valence-electron chi connectivity index (χ3n) is 11.1. The molecular formula is C56H97O11P. The van der Waals surface area contributed by atoms with Gasteiger partial charge in [0.25, 0.3) is 0 Å². The van der Waals surface area contributed by atoms with Gasteiger partial charge in [-0.05, 0) is 96.3 Å². The summed E-state index contributed by atoms with van der Waals surface area (Å²) in [7, 11) is -4.75. The molecule has 0 rings (SSSR count). The van der Waals surface area contributed by atoms with Crippen LogP contribution in [0.5, 0.6) is 0 Å². The van der Waals surface area contributed by atoms with Crippen LogP contribution in [0.4, 0.5) is 0 Å². The molecule has 0 aliphatic rings. The van der Waals surface area contributed by atoms with E-state index in [2.05, 4.69) is 93.7 Å². The number of rotatable bonds is 49. The Kier molecular flexibility index (Phi) is 48.0. The Balaban J connectivity index is 4.72. The lowest BCUT2D eigenvalue weighted by Gasteiger charge is -2.21. The number of esters is 3. The summed E-state index contributed by atoms with van der Waals surface area (Å²) in [5.41, 5.74) is 0. The fourth-order valence-electron chi connectivity index (χ4n) is 6.96. The Hall–Kier alpha value is -3.08. The maximum Gasteiger partial charge on any atom is 0.472 e. The van der Waals surface area contributed by atoms with Crippen molar-refractivity contribution in [3.63, 3.8) is 0 Å². The summed E-state index contributed by atoms with van der Waals surface area (Å²) in [6.07, 6.45) is 54.4. The zero-order chi connectivity index (χ0) is 49.9. The number of phosphoric acid groups is 1. The van der Waals surface area contributed by atoms with E-state index < -0.39 is 57.8 Å². The minimum atomic E-state index is -4.75. The van der Waals surface area contributed by atoms with Crippen LogP contribution >= 0.6 is 7.82 Å². The van der Waals surface area contributed by atoms with Crippen molar-refractivity contribution in [2.45, 2.75) is 238 Å². The quantitative estimate of drug-likeness (QED) is 0.0197. The average molecular weight is 977 g/mol. The molecule has 0 saturated carbocycles. The van der Waals surface area contributed by atoms with E-state index in [1.807, 2.05) is 0 Å². The monoisotopic (exact) mass is 977 g/mol. The van der Waals surface area contributed by atoms with E-state index in [9.17, 15) is 28.9 Å². The molecule has 0 aromatic rings. The molecule has 0 fully saturated rings. The highest BCUT2D eigenvalue weighted by Crippen LogP contribution is 2.43. The normalized spacial score (nSPS) is 14.0. The van der Waals surface area contributed by atoms with Crippen LogP contribution in [0.3, 0.4) is 0 Å². The van der Waals surface area contributed by atoms with Gasteiger partial charge in [-0.3, -0.25) is 23.4 Å². The number of hydrogen-bond acceptors (Lipinski definition) is 10. The highest BCUT2D eigenvalue weighted by Gasteiger charge is 2.28. The SMILES string of the molecule is CC/C=C\C/C=C\C/C=C\C/C=C\CCCCCCCCC(=O)OCC(COP(=O)(O)OCC(CO)OC(=O)CCCCCCC/C=C\CCCC)OC(=O)CCCCCCC/C=C\CCCC. The van der Waals surface area contributed by atoms with Gasteiger partial charge in [0.1, 0.15) is 12.7 Å². The summed E-state index contributed by atoms with van der Waals surface area (Å²) in [6.45, 7) is 4.40. The second-order valence-electron chi connectivity index (χ2n) is 17.7. The van der Waals surface area contributed by atoms with Gasteiger partial charge < -0.3 is 24.2 Å². The zero-order valence-electron chi connectivity index (χ0n) is 43.1. The first-order valence-electron chi connectivity index (χ1n) is 26.8. The molecule has 12 heteroatoms. The molecule has 0 heterocycles.